The summed E-state index contributed by atoms with van der Waals surface area (Å²) in [6.07, 6.45) is 0.962. The SMILES string of the molecule is CCN(CC)C(=O)c1ccc(CNC(=NC)NCCCn2c(C)nc3ccccc32)cc1. The summed E-state index contributed by atoms with van der Waals surface area (Å²) in [5.74, 6) is 1.88. The Morgan fingerprint density at radius 3 is 2.47 bits per heavy atom. The van der Waals surface area contributed by atoms with Crippen LogP contribution < -0.4 is 10.6 Å². The zero-order valence-electron chi connectivity index (χ0n) is 19.6. The highest BCUT2D eigenvalue weighted by Gasteiger charge is 2.12. The molecule has 0 unspecified atom stereocenters. The molecule has 7 heteroatoms. The van der Waals surface area contributed by atoms with Crippen molar-refractivity contribution in [1.82, 2.24) is 25.1 Å². The molecular formula is C25H34N6O. The van der Waals surface area contributed by atoms with E-state index >= 15 is 0 Å². The first-order chi connectivity index (χ1) is 15.6. The number of rotatable bonds is 9. The van der Waals surface area contributed by atoms with E-state index in [1.807, 2.05) is 49.1 Å². The maximum absolute atomic E-state index is 12.4. The number of aromatic nitrogens is 2. The Balaban J connectivity index is 1.46. The fourth-order valence-corrected chi connectivity index (χ4v) is 3.79. The van der Waals surface area contributed by atoms with Gasteiger partial charge < -0.3 is 20.1 Å². The number of para-hydroxylation sites is 2. The van der Waals surface area contributed by atoms with Crippen LogP contribution >= 0.6 is 0 Å². The summed E-state index contributed by atoms with van der Waals surface area (Å²) in [7, 11) is 1.77. The molecule has 1 heterocycles. The molecule has 0 saturated carbocycles. The van der Waals surface area contributed by atoms with E-state index in [1.54, 1.807) is 7.05 Å². The summed E-state index contributed by atoms with van der Waals surface area (Å²) in [6.45, 7) is 9.84. The second kappa shape index (κ2) is 11.3. The van der Waals surface area contributed by atoms with Gasteiger partial charge in [-0.2, -0.15) is 0 Å². The Morgan fingerprint density at radius 2 is 1.78 bits per heavy atom. The van der Waals surface area contributed by atoms with Crippen LogP contribution in [-0.2, 0) is 13.1 Å². The monoisotopic (exact) mass is 434 g/mol. The van der Waals surface area contributed by atoms with E-state index < -0.39 is 0 Å². The standard InChI is InChI=1S/C25H34N6O/c1-5-30(6-2)24(32)21-14-12-20(13-15-21)18-28-25(26-4)27-16-9-17-31-19(3)29-22-10-7-8-11-23(22)31/h7-8,10-15H,5-6,9,16-18H2,1-4H3,(H2,26,27,28). The molecular weight excluding hydrogens is 400 g/mol. The minimum absolute atomic E-state index is 0.0768. The van der Waals surface area contributed by atoms with Crippen molar-refractivity contribution in [3.05, 3.63) is 65.5 Å². The van der Waals surface area contributed by atoms with Crippen LogP contribution in [0.4, 0.5) is 0 Å². The van der Waals surface area contributed by atoms with Crippen molar-refractivity contribution in [2.24, 2.45) is 4.99 Å². The number of fused-ring (bicyclic) bond motifs is 1. The highest BCUT2D eigenvalue weighted by molar-refractivity contribution is 5.94. The number of hydrogen-bond acceptors (Lipinski definition) is 3. The van der Waals surface area contributed by atoms with Crippen LogP contribution in [0.15, 0.2) is 53.5 Å². The Labute approximate surface area is 190 Å². The summed E-state index contributed by atoms with van der Waals surface area (Å²) >= 11 is 0. The molecule has 0 aliphatic rings. The minimum Gasteiger partial charge on any atom is -0.356 e. The zero-order chi connectivity index (χ0) is 22.9. The van der Waals surface area contributed by atoms with E-state index in [0.717, 1.165) is 61.0 Å². The van der Waals surface area contributed by atoms with Gasteiger partial charge in [-0.3, -0.25) is 9.79 Å². The summed E-state index contributed by atoms with van der Waals surface area (Å²) < 4.78 is 2.26. The molecule has 0 saturated heterocycles. The average Bonchev–Trinajstić information content (AvgIpc) is 3.14. The second-order valence-electron chi connectivity index (χ2n) is 7.68. The van der Waals surface area contributed by atoms with Crippen molar-refractivity contribution >= 4 is 22.9 Å². The van der Waals surface area contributed by atoms with Crippen molar-refractivity contribution in [3.63, 3.8) is 0 Å². The van der Waals surface area contributed by atoms with Gasteiger partial charge >= 0.3 is 0 Å². The largest absolute Gasteiger partial charge is 0.356 e. The molecule has 2 N–H and O–H groups in total. The van der Waals surface area contributed by atoms with E-state index in [-0.39, 0.29) is 5.91 Å². The van der Waals surface area contributed by atoms with Gasteiger partial charge in [-0.25, -0.2) is 4.98 Å². The van der Waals surface area contributed by atoms with Crippen LogP contribution in [0.2, 0.25) is 0 Å². The van der Waals surface area contributed by atoms with E-state index in [4.69, 9.17) is 0 Å². The van der Waals surface area contributed by atoms with Crippen LogP contribution in [0.25, 0.3) is 11.0 Å². The molecule has 0 aliphatic carbocycles. The molecule has 0 fully saturated rings. The minimum atomic E-state index is 0.0768. The topological polar surface area (TPSA) is 74.6 Å². The normalized spacial score (nSPS) is 11.6. The van der Waals surface area contributed by atoms with Crippen molar-refractivity contribution in [2.45, 2.75) is 40.3 Å². The van der Waals surface area contributed by atoms with Gasteiger partial charge in [-0.05, 0) is 57.0 Å². The molecule has 0 radical (unpaired) electrons. The molecule has 3 rings (SSSR count). The first-order valence-electron chi connectivity index (χ1n) is 11.3. The van der Waals surface area contributed by atoms with Crippen molar-refractivity contribution in [1.29, 1.82) is 0 Å². The summed E-state index contributed by atoms with van der Waals surface area (Å²) in [6, 6.07) is 16.0. The molecule has 1 aromatic heterocycles. The number of benzene rings is 2. The van der Waals surface area contributed by atoms with Crippen LogP contribution in [0.5, 0.6) is 0 Å². The van der Waals surface area contributed by atoms with Crippen LogP contribution in [0.1, 0.15) is 42.0 Å². The number of aryl methyl sites for hydroxylation is 2. The molecule has 32 heavy (non-hydrogen) atoms. The van der Waals surface area contributed by atoms with Crippen LogP contribution in [0.3, 0.4) is 0 Å². The molecule has 2 aromatic carbocycles. The van der Waals surface area contributed by atoms with Gasteiger partial charge in [-0.15, -0.1) is 0 Å². The summed E-state index contributed by atoms with van der Waals surface area (Å²) in [5.41, 5.74) is 4.04. The highest BCUT2D eigenvalue weighted by atomic mass is 16.2. The van der Waals surface area contributed by atoms with Gasteiger partial charge in [0.05, 0.1) is 11.0 Å². The lowest BCUT2D eigenvalue weighted by molar-refractivity contribution is 0.0773. The number of amides is 1. The van der Waals surface area contributed by atoms with Gasteiger partial charge in [0, 0.05) is 45.3 Å². The fraction of sp³-hybridized carbons (Fsp3) is 0.400. The Hall–Kier alpha value is -3.35. The number of nitrogens with zero attached hydrogens (tertiary/aromatic N) is 4. The predicted molar refractivity (Wildman–Crippen MR) is 131 cm³/mol. The number of nitrogens with one attached hydrogen (secondary N) is 2. The molecule has 170 valence electrons. The van der Waals surface area contributed by atoms with Crippen LogP contribution in [-0.4, -0.2) is 53.0 Å². The van der Waals surface area contributed by atoms with Gasteiger partial charge in [0.15, 0.2) is 5.96 Å². The van der Waals surface area contributed by atoms with E-state index in [0.29, 0.717) is 6.54 Å². The first-order valence-corrected chi connectivity index (χ1v) is 11.3. The quantitative estimate of drug-likeness (QED) is 0.307. The first kappa shape index (κ1) is 23.3. The predicted octanol–water partition coefficient (Wildman–Crippen LogP) is 3.58. The lowest BCUT2D eigenvalue weighted by atomic mass is 10.1. The molecule has 7 nitrogen and oxygen atoms in total. The average molecular weight is 435 g/mol. The second-order valence-corrected chi connectivity index (χ2v) is 7.68. The Kier molecular flexibility index (Phi) is 8.25. The third kappa shape index (κ3) is 5.66. The zero-order valence-corrected chi connectivity index (χ0v) is 19.6. The number of carbonyl (C=O) groups is 1. The smallest absolute Gasteiger partial charge is 0.253 e. The van der Waals surface area contributed by atoms with E-state index in [9.17, 15) is 4.79 Å². The van der Waals surface area contributed by atoms with E-state index in [1.165, 1.54) is 5.52 Å². The summed E-state index contributed by atoms with van der Waals surface area (Å²) in [5, 5.41) is 6.71. The van der Waals surface area contributed by atoms with Crippen molar-refractivity contribution < 1.29 is 4.79 Å². The van der Waals surface area contributed by atoms with E-state index in [2.05, 4.69) is 50.3 Å². The Morgan fingerprint density at radius 1 is 1.06 bits per heavy atom. The number of aliphatic imine (C=N–C) groups is 1. The van der Waals surface area contributed by atoms with Crippen LogP contribution in [0, 0.1) is 6.92 Å². The number of guanidine groups is 1. The van der Waals surface area contributed by atoms with Gasteiger partial charge in [0.1, 0.15) is 5.82 Å². The summed E-state index contributed by atoms with van der Waals surface area (Å²) in [4.78, 5) is 23.2. The highest BCUT2D eigenvalue weighted by Crippen LogP contribution is 2.15. The molecule has 1 amide bonds. The maximum Gasteiger partial charge on any atom is 0.253 e. The molecule has 0 spiro atoms. The fourth-order valence-electron chi connectivity index (χ4n) is 3.79. The van der Waals surface area contributed by atoms with Gasteiger partial charge in [0.2, 0.25) is 0 Å². The number of imidazole rings is 1. The van der Waals surface area contributed by atoms with Gasteiger partial charge in [-0.1, -0.05) is 24.3 Å². The number of hydrogen-bond donors (Lipinski definition) is 2. The lowest BCUT2D eigenvalue weighted by Gasteiger charge is -2.18. The van der Waals surface area contributed by atoms with Crippen molar-refractivity contribution in [3.8, 4) is 0 Å². The van der Waals surface area contributed by atoms with Gasteiger partial charge in [0.25, 0.3) is 5.91 Å². The third-order valence-electron chi connectivity index (χ3n) is 5.63. The molecule has 0 aliphatic heterocycles. The number of carbonyl (C=O) groups excluding carboxylic acids is 1. The molecule has 3 aromatic rings. The third-order valence-corrected chi connectivity index (χ3v) is 5.63. The lowest BCUT2D eigenvalue weighted by Crippen LogP contribution is -2.37. The Bertz CT molecular complexity index is 1050. The maximum atomic E-state index is 12.4. The van der Waals surface area contributed by atoms with Crippen molar-refractivity contribution in [2.75, 3.05) is 26.7 Å². The molecule has 0 bridgehead atoms. The molecule has 0 atom stereocenters.